The van der Waals surface area contributed by atoms with Gasteiger partial charge in [-0.1, -0.05) is 42.1 Å². The molecule has 1 N–H and O–H groups in total. The van der Waals surface area contributed by atoms with Crippen LogP contribution in [0.5, 0.6) is 0 Å². The summed E-state index contributed by atoms with van der Waals surface area (Å²) in [5.41, 5.74) is 2.67. The van der Waals surface area contributed by atoms with Gasteiger partial charge in [0.15, 0.2) is 0 Å². The van der Waals surface area contributed by atoms with E-state index in [4.69, 9.17) is 4.74 Å². The summed E-state index contributed by atoms with van der Waals surface area (Å²) in [5.74, 6) is -0.375. The molecule has 1 unspecified atom stereocenters. The molecule has 0 spiro atoms. The van der Waals surface area contributed by atoms with Gasteiger partial charge in [0.2, 0.25) is 11.8 Å². The normalized spacial score (nSPS) is 16.1. The van der Waals surface area contributed by atoms with Crippen LogP contribution in [-0.4, -0.2) is 46.3 Å². The Morgan fingerprint density at radius 1 is 1.21 bits per heavy atom. The number of nitrogens with one attached hydrogen (secondary N) is 1. The topological polar surface area (TPSA) is 63.6 Å². The van der Waals surface area contributed by atoms with Gasteiger partial charge in [-0.15, -0.1) is 0 Å². The van der Waals surface area contributed by atoms with Crippen LogP contribution >= 0.6 is 11.8 Å². The Morgan fingerprint density at radius 2 is 1.94 bits per heavy atom. The first-order chi connectivity index (χ1) is 16.4. The minimum atomic E-state index is -0.761. The number of fused-ring (bicyclic) bond motifs is 3. The van der Waals surface area contributed by atoms with Crippen molar-refractivity contribution in [2.24, 2.45) is 7.05 Å². The van der Waals surface area contributed by atoms with Gasteiger partial charge in [0.05, 0.1) is 16.9 Å². The van der Waals surface area contributed by atoms with E-state index in [1.807, 2.05) is 45.2 Å². The van der Waals surface area contributed by atoms with E-state index in [9.17, 15) is 14.0 Å². The molecule has 2 amide bonds. The van der Waals surface area contributed by atoms with Crippen molar-refractivity contribution in [1.29, 1.82) is 0 Å². The summed E-state index contributed by atoms with van der Waals surface area (Å²) in [6.45, 7) is 5.13. The summed E-state index contributed by atoms with van der Waals surface area (Å²) in [5, 5.41) is 4.88. The number of rotatable bonds is 8. The van der Waals surface area contributed by atoms with Crippen LogP contribution < -0.4 is 5.32 Å². The van der Waals surface area contributed by atoms with E-state index >= 15 is 0 Å². The molecular formula is C26H30FN3O3S. The first-order valence-corrected chi connectivity index (χ1v) is 12.5. The Balaban J connectivity index is 1.68. The summed E-state index contributed by atoms with van der Waals surface area (Å²) in [6.07, 6.45) is 0.742. The van der Waals surface area contributed by atoms with Gasteiger partial charge < -0.3 is 19.5 Å². The van der Waals surface area contributed by atoms with Crippen LogP contribution in [0.4, 0.5) is 4.39 Å². The Morgan fingerprint density at radius 3 is 2.68 bits per heavy atom. The molecule has 0 saturated heterocycles. The van der Waals surface area contributed by atoms with Crippen molar-refractivity contribution in [3.63, 3.8) is 0 Å². The van der Waals surface area contributed by atoms with Gasteiger partial charge in [-0.3, -0.25) is 9.59 Å². The SMILES string of the molecule is CC(C)OCCCN1C(=O)CSc2c(c3ccccc3n2C)C1C(=O)NCc1ccc(F)cc1. The molecule has 2 heterocycles. The predicted octanol–water partition coefficient (Wildman–Crippen LogP) is 4.42. The second kappa shape index (κ2) is 10.6. The van der Waals surface area contributed by atoms with Crippen molar-refractivity contribution in [3.8, 4) is 0 Å². The molecule has 8 heteroatoms. The third kappa shape index (κ3) is 5.13. The number of ether oxygens (including phenoxy) is 1. The average molecular weight is 484 g/mol. The zero-order chi connectivity index (χ0) is 24.2. The van der Waals surface area contributed by atoms with E-state index in [1.54, 1.807) is 17.0 Å². The lowest BCUT2D eigenvalue weighted by molar-refractivity contribution is -0.139. The summed E-state index contributed by atoms with van der Waals surface area (Å²) in [6, 6.07) is 13.2. The van der Waals surface area contributed by atoms with Crippen LogP contribution in [0.1, 0.15) is 37.4 Å². The second-order valence-electron chi connectivity index (χ2n) is 8.69. The summed E-state index contributed by atoms with van der Waals surface area (Å²) >= 11 is 1.47. The number of nitrogens with zero attached hydrogens (tertiary/aromatic N) is 2. The predicted molar refractivity (Wildman–Crippen MR) is 132 cm³/mol. The molecule has 0 radical (unpaired) electrons. The van der Waals surface area contributed by atoms with Crippen molar-refractivity contribution >= 4 is 34.5 Å². The van der Waals surface area contributed by atoms with Crippen molar-refractivity contribution in [1.82, 2.24) is 14.8 Å². The Hall–Kier alpha value is -2.84. The number of aryl methyl sites for hydroxylation is 1. The molecule has 4 rings (SSSR count). The number of amides is 2. The van der Waals surface area contributed by atoms with Crippen LogP contribution in [-0.2, 0) is 27.9 Å². The number of thioether (sulfide) groups is 1. The molecule has 0 bridgehead atoms. The maximum Gasteiger partial charge on any atom is 0.247 e. The largest absolute Gasteiger partial charge is 0.379 e. The molecule has 34 heavy (non-hydrogen) atoms. The number of halogens is 1. The Labute approximate surface area is 203 Å². The van der Waals surface area contributed by atoms with E-state index in [0.29, 0.717) is 19.6 Å². The fourth-order valence-corrected chi connectivity index (χ4v) is 5.41. The summed E-state index contributed by atoms with van der Waals surface area (Å²) in [4.78, 5) is 28.6. The first-order valence-electron chi connectivity index (χ1n) is 11.5. The molecule has 0 saturated carbocycles. The minimum Gasteiger partial charge on any atom is -0.379 e. The number of aromatic nitrogens is 1. The number of hydrogen-bond donors (Lipinski definition) is 1. The number of benzene rings is 2. The fourth-order valence-electron chi connectivity index (χ4n) is 4.32. The van der Waals surface area contributed by atoms with Crippen molar-refractivity contribution < 1.29 is 18.7 Å². The highest BCUT2D eigenvalue weighted by molar-refractivity contribution is 8.00. The van der Waals surface area contributed by atoms with E-state index < -0.39 is 6.04 Å². The number of carbonyl (C=O) groups excluding carboxylic acids is 2. The van der Waals surface area contributed by atoms with E-state index in [2.05, 4.69) is 9.88 Å². The van der Waals surface area contributed by atoms with Gasteiger partial charge in [0, 0.05) is 43.2 Å². The average Bonchev–Trinajstić information content (AvgIpc) is 3.00. The molecule has 1 atom stereocenters. The third-order valence-corrected chi connectivity index (χ3v) is 7.11. The van der Waals surface area contributed by atoms with Gasteiger partial charge in [-0.2, -0.15) is 0 Å². The lowest BCUT2D eigenvalue weighted by atomic mass is 10.0. The number of hydrogen-bond acceptors (Lipinski definition) is 4. The molecule has 2 aromatic carbocycles. The molecule has 1 aliphatic rings. The van der Waals surface area contributed by atoms with Crippen LogP contribution in [0, 0.1) is 5.82 Å². The standard InChI is InChI=1S/C26H30FN3O3S/c1-17(2)33-14-6-13-30-22(31)16-34-26-23(20-7-4-5-8-21(20)29(26)3)24(30)25(32)28-15-18-9-11-19(27)12-10-18/h4-5,7-12,17,24H,6,13-16H2,1-3H3,(H,28,32). The van der Waals surface area contributed by atoms with Crippen LogP contribution in [0.25, 0.3) is 10.9 Å². The van der Waals surface area contributed by atoms with Crippen LogP contribution in [0.15, 0.2) is 53.6 Å². The zero-order valence-corrected chi connectivity index (χ0v) is 20.5. The van der Waals surface area contributed by atoms with Crippen LogP contribution in [0.3, 0.4) is 0 Å². The number of para-hydroxylation sites is 1. The minimum absolute atomic E-state index is 0.0724. The lowest BCUT2D eigenvalue weighted by Crippen LogP contribution is -2.44. The monoisotopic (exact) mass is 483 g/mol. The molecule has 0 fully saturated rings. The van der Waals surface area contributed by atoms with Gasteiger partial charge in [0.1, 0.15) is 11.9 Å². The van der Waals surface area contributed by atoms with E-state index in [-0.39, 0.29) is 36.0 Å². The van der Waals surface area contributed by atoms with Gasteiger partial charge >= 0.3 is 0 Å². The van der Waals surface area contributed by atoms with Crippen molar-refractivity contribution in [2.45, 2.75) is 44.0 Å². The molecule has 1 aliphatic heterocycles. The molecule has 1 aromatic heterocycles. The molecule has 180 valence electrons. The third-order valence-electron chi connectivity index (χ3n) is 5.95. The lowest BCUT2D eigenvalue weighted by Gasteiger charge is -2.30. The van der Waals surface area contributed by atoms with Gasteiger partial charge in [0.25, 0.3) is 0 Å². The van der Waals surface area contributed by atoms with E-state index in [1.165, 1.54) is 23.9 Å². The molecular weight excluding hydrogens is 453 g/mol. The molecule has 6 nitrogen and oxygen atoms in total. The zero-order valence-electron chi connectivity index (χ0n) is 19.7. The Bertz CT molecular complexity index is 1180. The fraction of sp³-hybridized carbons (Fsp3) is 0.385. The summed E-state index contributed by atoms with van der Waals surface area (Å²) in [7, 11) is 1.97. The Kier molecular flexibility index (Phi) is 7.58. The van der Waals surface area contributed by atoms with Crippen molar-refractivity contribution in [2.75, 3.05) is 18.9 Å². The van der Waals surface area contributed by atoms with Gasteiger partial charge in [-0.05, 0) is 44.0 Å². The van der Waals surface area contributed by atoms with Crippen LogP contribution in [0.2, 0.25) is 0 Å². The highest BCUT2D eigenvalue weighted by atomic mass is 32.2. The maximum absolute atomic E-state index is 13.7. The first kappa shape index (κ1) is 24.3. The van der Waals surface area contributed by atoms with Crippen molar-refractivity contribution in [3.05, 3.63) is 65.5 Å². The molecule has 0 aliphatic carbocycles. The number of carbonyl (C=O) groups is 2. The quantitative estimate of drug-likeness (QED) is 0.482. The van der Waals surface area contributed by atoms with E-state index in [0.717, 1.165) is 27.1 Å². The summed E-state index contributed by atoms with van der Waals surface area (Å²) < 4.78 is 21.0. The highest BCUT2D eigenvalue weighted by Crippen LogP contribution is 2.41. The maximum atomic E-state index is 13.7. The highest BCUT2D eigenvalue weighted by Gasteiger charge is 2.38. The molecule has 3 aromatic rings. The second-order valence-corrected chi connectivity index (χ2v) is 9.65. The smallest absolute Gasteiger partial charge is 0.247 e. The van der Waals surface area contributed by atoms with Gasteiger partial charge in [-0.25, -0.2) is 4.39 Å².